The molecule has 0 spiro atoms. The third-order valence-electron chi connectivity index (χ3n) is 4.81. The number of anilines is 1. The second-order valence-corrected chi connectivity index (χ2v) is 7.50. The molecule has 0 radical (unpaired) electrons. The summed E-state index contributed by atoms with van der Waals surface area (Å²) in [6.07, 6.45) is 3.42. The van der Waals surface area contributed by atoms with Gasteiger partial charge in [-0.15, -0.1) is 5.10 Å². The molecule has 1 aromatic carbocycles. The van der Waals surface area contributed by atoms with Crippen LogP contribution in [-0.2, 0) is 4.79 Å². The van der Waals surface area contributed by atoms with Crippen molar-refractivity contribution in [3.8, 4) is 17.1 Å². The van der Waals surface area contributed by atoms with Gasteiger partial charge in [0.2, 0.25) is 11.1 Å². The first kappa shape index (κ1) is 19.3. The number of rotatable bonds is 6. The Bertz CT molecular complexity index is 939. The number of aromatic nitrogens is 4. The third kappa shape index (κ3) is 4.68. The van der Waals surface area contributed by atoms with Crippen LogP contribution < -0.4 is 9.64 Å². The quantitative estimate of drug-likeness (QED) is 0.624. The van der Waals surface area contributed by atoms with Crippen LogP contribution in [0.3, 0.4) is 0 Å². The highest BCUT2D eigenvalue weighted by molar-refractivity contribution is 7.99. The van der Waals surface area contributed by atoms with Gasteiger partial charge in [-0.25, -0.2) is 4.98 Å². The van der Waals surface area contributed by atoms with Gasteiger partial charge in [0.05, 0.1) is 12.9 Å². The minimum absolute atomic E-state index is 0.111. The van der Waals surface area contributed by atoms with E-state index < -0.39 is 0 Å². The molecule has 0 unspecified atom stereocenters. The molecule has 1 N–H and O–H groups in total. The number of hydrogen-bond donors (Lipinski definition) is 1. The Hall–Kier alpha value is -3.07. The molecule has 1 aliphatic heterocycles. The van der Waals surface area contributed by atoms with Crippen molar-refractivity contribution in [2.75, 3.05) is 43.9 Å². The van der Waals surface area contributed by atoms with Gasteiger partial charge in [-0.1, -0.05) is 11.8 Å². The number of ether oxygens (including phenoxy) is 1. The molecule has 2 aromatic heterocycles. The number of carbonyl (C=O) groups excluding carboxylic acids is 1. The van der Waals surface area contributed by atoms with E-state index in [0.29, 0.717) is 29.8 Å². The van der Waals surface area contributed by atoms with Crippen molar-refractivity contribution in [3.63, 3.8) is 0 Å². The summed E-state index contributed by atoms with van der Waals surface area (Å²) in [4.78, 5) is 25.2. The highest BCUT2D eigenvalue weighted by atomic mass is 32.2. The summed E-state index contributed by atoms with van der Waals surface area (Å²) in [5.41, 5.74) is 2.07. The minimum Gasteiger partial charge on any atom is -0.497 e. The summed E-state index contributed by atoms with van der Waals surface area (Å²) in [5.74, 6) is 1.96. The van der Waals surface area contributed by atoms with Gasteiger partial charge in [0.15, 0.2) is 5.82 Å². The lowest BCUT2D eigenvalue weighted by atomic mass is 10.2. The standard InChI is InChI=1S/C20H22N6O2S/c1-28-17-4-2-16(3-5-17)25-10-12-26(13-11-25)18(27)14-29-20-22-19(23-24-20)15-6-8-21-9-7-15/h2-9H,10-14H2,1H3,(H,22,23,24). The largest absolute Gasteiger partial charge is 0.497 e. The van der Waals surface area contributed by atoms with E-state index in [4.69, 9.17) is 4.74 Å². The van der Waals surface area contributed by atoms with Crippen LogP contribution in [-0.4, -0.2) is 70.0 Å². The number of thioether (sulfide) groups is 1. The van der Waals surface area contributed by atoms with Gasteiger partial charge < -0.3 is 14.5 Å². The van der Waals surface area contributed by atoms with Gasteiger partial charge in [0.25, 0.3) is 0 Å². The number of hydrogen-bond acceptors (Lipinski definition) is 7. The molecule has 29 heavy (non-hydrogen) atoms. The molecule has 4 rings (SSSR count). The molecule has 9 heteroatoms. The number of piperazine rings is 1. The SMILES string of the molecule is COc1ccc(N2CCN(C(=O)CSc3n[nH]c(-c4ccncc4)n3)CC2)cc1. The van der Waals surface area contributed by atoms with Crippen molar-refractivity contribution in [1.29, 1.82) is 0 Å². The predicted molar refractivity (Wildman–Crippen MR) is 112 cm³/mol. The highest BCUT2D eigenvalue weighted by Gasteiger charge is 2.22. The summed E-state index contributed by atoms with van der Waals surface area (Å²) >= 11 is 1.35. The maximum atomic E-state index is 12.6. The Labute approximate surface area is 173 Å². The summed E-state index contributed by atoms with van der Waals surface area (Å²) in [6, 6.07) is 11.7. The van der Waals surface area contributed by atoms with Crippen molar-refractivity contribution in [2.45, 2.75) is 5.16 Å². The summed E-state index contributed by atoms with van der Waals surface area (Å²) in [5, 5.41) is 7.67. The number of H-pyrrole nitrogens is 1. The van der Waals surface area contributed by atoms with Crippen LogP contribution in [0.15, 0.2) is 53.9 Å². The molecule has 0 aliphatic carbocycles. The van der Waals surface area contributed by atoms with Crippen molar-refractivity contribution in [1.82, 2.24) is 25.1 Å². The molecule has 0 bridgehead atoms. The molecular weight excluding hydrogens is 388 g/mol. The first-order valence-corrected chi connectivity index (χ1v) is 10.3. The van der Waals surface area contributed by atoms with Crippen molar-refractivity contribution < 1.29 is 9.53 Å². The van der Waals surface area contributed by atoms with E-state index in [-0.39, 0.29) is 5.91 Å². The second kappa shape index (κ2) is 8.95. The number of aromatic amines is 1. The molecule has 1 aliphatic rings. The topological polar surface area (TPSA) is 87.2 Å². The lowest BCUT2D eigenvalue weighted by molar-refractivity contribution is -0.128. The van der Waals surface area contributed by atoms with Gasteiger partial charge in [0, 0.05) is 49.8 Å². The third-order valence-corrected chi connectivity index (χ3v) is 5.65. The van der Waals surface area contributed by atoms with Crippen LogP contribution in [0.5, 0.6) is 5.75 Å². The van der Waals surface area contributed by atoms with Crippen LogP contribution >= 0.6 is 11.8 Å². The summed E-state index contributed by atoms with van der Waals surface area (Å²) in [6.45, 7) is 3.05. The second-order valence-electron chi connectivity index (χ2n) is 6.56. The Kier molecular flexibility index (Phi) is 5.95. The molecule has 1 saturated heterocycles. The zero-order chi connectivity index (χ0) is 20.1. The van der Waals surface area contributed by atoms with E-state index in [1.807, 2.05) is 29.2 Å². The van der Waals surface area contributed by atoms with E-state index in [0.717, 1.165) is 30.1 Å². The number of methoxy groups -OCH3 is 1. The fraction of sp³-hybridized carbons (Fsp3) is 0.300. The van der Waals surface area contributed by atoms with Gasteiger partial charge in [-0.2, -0.15) is 0 Å². The number of amides is 1. The van der Waals surface area contributed by atoms with Crippen molar-refractivity contribution in [3.05, 3.63) is 48.8 Å². The first-order chi connectivity index (χ1) is 14.2. The summed E-state index contributed by atoms with van der Waals surface area (Å²) < 4.78 is 5.21. The number of pyridine rings is 1. The smallest absolute Gasteiger partial charge is 0.233 e. The molecule has 0 saturated carbocycles. The van der Waals surface area contributed by atoms with E-state index in [1.165, 1.54) is 11.8 Å². The zero-order valence-corrected chi connectivity index (χ0v) is 16.9. The van der Waals surface area contributed by atoms with Crippen LogP contribution in [0.4, 0.5) is 5.69 Å². The Morgan fingerprint density at radius 2 is 1.83 bits per heavy atom. The number of nitrogens with zero attached hydrogens (tertiary/aromatic N) is 5. The maximum absolute atomic E-state index is 12.6. The number of nitrogens with one attached hydrogen (secondary N) is 1. The van der Waals surface area contributed by atoms with Gasteiger partial charge >= 0.3 is 0 Å². The molecule has 1 fully saturated rings. The van der Waals surface area contributed by atoms with Crippen LogP contribution in [0.25, 0.3) is 11.4 Å². The number of carbonyl (C=O) groups is 1. The predicted octanol–water partition coefficient (Wildman–Crippen LogP) is 2.32. The van der Waals surface area contributed by atoms with E-state index in [1.54, 1.807) is 19.5 Å². The fourth-order valence-electron chi connectivity index (χ4n) is 3.17. The van der Waals surface area contributed by atoms with Gasteiger partial charge in [-0.05, 0) is 36.4 Å². The monoisotopic (exact) mass is 410 g/mol. The molecule has 150 valence electrons. The summed E-state index contributed by atoms with van der Waals surface area (Å²) in [7, 11) is 1.66. The van der Waals surface area contributed by atoms with E-state index in [9.17, 15) is 4.79 Å². The Morgan fingerprint density at radius 1 is 1.10 bits per heavy atom. The van der Waals surface area contributed by atoms with Crippen molar-refractivity contribution >= 4 is 23.4 Å². The lowest BCUT2D eigenvalue weighted by Crippen LogP contribution is -2.49. The van der Waals surface area contributed by atoms with Gasteiger partial charge in [-0.3, -0.25) is 14.9 Å². The molecular formula is C20H22N6O2S. The molecule has 3 aromatic rings. The average molecular weight is 411 g/mol. The number of benzene rings is 1. The zero-order valence-electron chi connectivity index (χ0n) is 16.1. The minimum atomic E-state index is 0.111. The average Bonchev–Trinajstić information content (AvgIpc) is 3.27. The Morgan fingerprint density at radius 3 is 2.52 bits per heavy atom. The Balaban J connectivity index is 1.26. The fourth-order valence-corrected chi connectivity index (χ4v) is 3.88. The highest BCUT2D eigenvalue weighted by Crippen LogP contribution is 2.22. The van der Waals surface area contributed by atoms with Gasteiger partial charge in [0.1, 0.15) is 5.75 Å². The van der Waals surface area contributed by atoms with E-state index in [2.05, 4.69) is 37.2 Å². The molecule has 3 heterocycles. The van der Waals surface area contributed by atoms with Crippen LogP contribution in [0.2, 0.25) is 0 Å². The maximum Gasteiger partial charge on any atom is 0.233 e. The molecule has 1 amide bonds. The first-order valence-electron chi connectivity index (χ1n) is 9.35. The van der Waals surface area contributed by atoms with Crippen LogP contribution in [0.1, 0.15) is 0 Å². The van der Waals surface area contributed by atoms with Crippen LogP contribution in [0, 0.1) is 0 Å². The normalized spacial score (nSPS) is 14.1. The molecule has 0 atom stereocenters. The molecule has 8 nitrogen and oxygen atoms in total. The van der Waals surface area contributed by atoms with E-state index >= 15 is 0 Å². The lowest BCUT2D eigenvalue weighted by Gasteiger charge is -2.36. The van der Waals surface area contributed by atoms with Crippen molar-refractivity contribution in [2.24, 2.45) is 0 Å².